The molecule has 0 aromatic heterocycles. The van der Waals surface area contributed by atoms with E-state index in [2.05, 4.69) is 5.32 Å². The van der Waals surface area contributed by atoms with Crippen LogP contribution in [0.3, 0.4) is 0 Å². The van der Waals surface area contributed by atoms with Gasteiger partial charge in [-0.2, -0.15) is 0 Å². The average Bonchev–Trinajstić information content (AvgIpc) is 2.63. The summed E-state index contributed by atoms with van der Waals surface area (Å²) in [5.74, 6) is -0.302. The van der Waals surface area contributed by atoms with Crippen molar-refractivity contribution in [1.29, 1.82) is 0 Å². The lowest BCUT2D eigenvalue weighted by atomic mass is 10.2. The van der Waals surface area contributed by atoms with Crippen LogP contribution in [0.25, 0.3) is 0 Å². The van der Waals surface area contributed by atoms with Crippen LogP contribution < -0.4 is 14.8 Å². The van der Waals surface area contributed by atoms with Crippen molar-refractivity contribution in [2.45, 2.75) is 26.1 Å². The van der Waals surface area contributed by atoms with Crippen LogP contribution in [0, 0.1) is 0 Å². The Morgan fingerprint density at radius 2 is 1.59 bits per heavy atom. The van der Waals surface area contributed by atoms with Gasteiger partial charge in [0.15, 0.2) is 12.2 Å². The van der Waals surface area contributed by atoms with Crippen molar-refractivity contribution in [2.75, 3.05) is 12.4 Å². The molecule has 0 aliphatic carbocycles. The summed E-state index contributed by atoms with van der Waals surface area (Å²) in [4.78, 5) is 24.5. The fraction of sp³-hybridized carbons (Fsp3) is 0.263. The summed E-state index contributed by atoms with van der Waals surface area (Å²) < 4.78 is 15.8. The fourth-order valence-electron chi connectivity index (χ4n) is 2.10. The van der Waals surface area contributed by atoms with Gasteiger partial charge in [0, 0.05) is 10.0 Å². The molecule has 1 amide bonds. The second-order valence-corrected chi connectivity index (χ2v) is 6.50. The van der Waals surface area contributed by atoms with Gasteiger partial charge in [0.25, 0.3) is 5.91 Å². The third-order valence-electron chi connectivity index (χ3n) is 3.54. The smallest absolute Gasteiger partial charge is 0.347 e. The standard InChI is InChI=1S/C19H19Cl2NO5/c1-11(18(23)22-16-10-14(21)6-9-17(16)25-3)27-19(24)12(2)26-15-7-4-13(20)5-8-15/h4-12H,1-3H3,(H,22,23)/t11-,12+/m1/s1. The molecule has 0 radical (unpaired) electrons. The second-order valence-electron chi connectivity index (χ2n) is 5.63. The summed E-state index contributed by atoms with van der Waals surface area (Å²) in [5, 5.41) is 3.61. The Bertz CT molecular complexity index is 810. The van der Waals surface area contributed by atoms with Crippen molar-refractivity contribution >= 4 is 40.8 Å². The lowest BCUT2D eigenvalue weighted by Gasteiger charge is -2.18. The van der Waals surface area contributed by atoms with E-state index in [1.54, 1.807) is 42.5 Å². The third-order valence-corrected chi connectivity index (χ3v) is 4.03. The maximum absolute atomic E-state index is 12.3. The molecular weight excluding hydrogens is 393 g/mol. The number of methoxy groups -OCH3 is 1. The van der Waals surface area contributed by atoms with E-state index < -0.39 is 24.1 Å². The molecule has 0 aliphatic rings. The van der Waals surface area contributed by atoms with E-state index in [1.807, 2.05) is 0 Å². The van der Waals surface area contributed by atoms with Crippen LogP contribution in [0.1, 0.15) is 13.8 Å². The molecule has 6 nitrogen and oxygen atoms in total. The van der Waals surface area contributed by atoms with Crippen molar-refractivity contribution in [2.24, 2.45) is 0 Å². The largest absolute Gasteiger partial charge is 0.495 e. The Kier molecular flexibility index (Phi) is 7.33. The van der Waals surface area contributed by atoms with Gasteiger partial charge >= 0.3 is 5.97 Å². The van der Waals surface area contributed by atoms with Gasteiger partial charge in [-0.25, -0.2) is 4.79 Å². The molecule has 0 bridgehead atoms. The molecule has 0 saturated heterocycles. The Balaban J connectivity index is 1.94. The van der Waals surface area contributed by atoms with Gasteiger partial charge in [-0.1, -0.05) is 23.2 Å². The molecule has 144 valence electrons. The molecule has 0 fully saturated rings. The Labute approximate surface area is 167 Å². The zero-order chi connectivity index (χ0) is 20.0. The first-order chi connectivity index (χ1) is 12.8. The van der Waals surface area contributed by atoms with Crippen molar-refractivity contribution in [1.82, 2.24) is 0 Å². The van der Waals surface area contributed by atoms with Crippen molar-refractivity contribution in [3.05, 3.63) is 52.5 Å². The van der Waals surface area contributed by atoms with Crippen molar-refractivity contribution in [3.63, 3.8) is 0 Å². The summed E-state index contributed by atoms with van der Waals surface area (Å²) >= 11 is 11.7. The monoisotopic (exact) mass is 411 g/mol. The Morgan fingerprint density at radius 1 is 0.963 bits per heavy atom. The molecule has 0 unspecified atom stereocenters. The molecule has 27 heavy (non-hydrogen) atoms. The van der Waals surface area contributed by atoms with Gasteiger partial charge in [0.2, 0.25) is 0 Å². The molecule has 2 atom stereocenters. The predicted molar refractivity (Wildman–Crippen MR) is 104 cm³/mol. The SMILES string of the molecule is COc1ccc(Cl)cc1NC(=O)[C@@H](C)OC(=O)[C@H](C)Oc1ccc(Cl)cc1. The number of ether oxygens (including phenoxy) is 3. The van der Waals surface area contributed by atoms with Crippen LogP contribution in [0.15, 0.2) is 42.5 Å². The number of nitrogens with one attached hydrogen (secondary N) is 1. The van der Waals surface area contributed by atoms with E-state index in [1.165, 1.54) is 21.0 Å². The first-order valence-corrected chi connectivity index (χ1v) is 8.83. The first-order valence-electron chi connectivity index (χ1n) is 8.07. The number of carbonyl (C=O) groups excluding carboxylic acids is 2. The quantitative estimate of drug-likeness (QED) is 0.685. The highest BCUT2D eigenvalue weighted by Gasteiger charge is 2.24. The Hall–Kier alpha value is -2.44. The van der Waals surface area contributed by atoms with Crippen LogP contribution >= 0.6 is 23.2 Å². The molecule has 0 saturated carbocycles. The molecule has 2 aromatic rings. The van der Waals surface area contributed by atoms with Crippen LogP contribution in [0.5, 0.6) is 11.5 Å². The summed E-state index contributed by atoms with van der Waals surface area (Å²) in [7, 11) is 1.47. The van der Waals surface area contributed by atoms with E-state index in [0.29, 0.717) is 27.2 Å². The molecular formula is C19H19Cl2NO5. The number of esters is 1. The first kappa shape index (κ1) is 20.9. The minimum Gasteiger partial charge on any atom is -0.495 e. The minimum atomic E-state index is -1.04. The number of benzene rings is 2. The minimum absolute atomic E-state index is 0.378. The van der Waals surface area contributed by atoms with E-state index >= 15 is 0 Å². The van der Waals surface area contributed by atoms with Gasteiger partial charge in [-0.05, 0) is 56.3 Å². The van der Waals surface area contributed by atoms with E-state index in [9.17, 15) is 9.59 Å². The highest BCUT2D eigenvalue weighted by molar-refractivity contribution is 6.31. The summed E-state index contributed by atoms with van der Waals surface area (Å²) in [6.07, 6.45) is -1.94. The Morgan fingerprint density at radius 3 is 2.22 bits per heavy atom. The summed E-state index contributed by atoms with van der Waals surface area (Å²) in [5.41, 5.74) is 0.378. The van der Waals surface area contributed by atoms with E-state index in [0.717, 1.165) is 0 Å². The normalized spacial score (nSPS) is 12.6. The molecule has 0 heterocycles. The number of hydrogen-bond donors (Lipinski definition) is 1. The van der Waals surface area contributed by atoms with Gasteiger partial charge < -0.3 is 19.5 Å². The molecule has 0 spiro atoms. The van der Waals surface area contributed by atoms with Crippen LogP contribution in [-0.4, -0.2) is 31.2 Å². The number of amides is 1. The predicted octanol–water partition coefficient (Wildman–Crippen LogP) is 4.34. The zero-order valence-corrected chi connectivity index (χ0v) is 16.5. The highest BCUT2D eigenvalue weighted by atomic mass is 35.5. The van der Waals surface area contributed by atoms with Crippen molar-refractivity contribution < 1.29 is 23.8 Å². The number of carbonyl (C=O) groups is 2. The molecule has 2 rings (SSSR count). The molecule has 1 N–H and O–H groups in total. The number of anilines is 1. The number of hydrogen-bond acceptors (Lipinski definition) is 5. The number of halogens is 2. The zero-order valence-electron chi connectivity index (χ0n) is 15.0. The van der Waals surface area contributed by atoms with E-state index in [-0.39, 0.29) is 0 Å². The number of rotatable bonds is 7. The topological polar surface area (TPSA) is 73.9 Å². The van der Waals surface area contributed by atoms with Crippen molar-refractivity contribution in [3.8, 4) is 11.5 Å². The van der Waals surface area contributed by atoms with Gasteiger partial charge in [0.05, 0.1) is 12.8 Å². The maximum Gasteiger partial charge on any atom is 0.347 e. The second kappa shape index (κ2) is 9.48. The third kappa shape index (κ3) is 6.05. The molecule has 0 aliphatic heterocycles. The lowest BCUT2D eigenvalue weighted by Crippen LogP contribution is -2.35. The van der Waals surface area contributed by atoms with E-state index in [4.69, 9.17) is 37.4 Å². The van der Waals surface area contributed by atoms with Gasteiger partial charge in [-0.3, -0.25) is 4.79 Å². The molecule has 2 aromatic carbocycles. The van der Waals surface area contributed by atoms with Gasteiger partial charge in [0.1, 0.15) is 11.5 Å². The molecule has 8 heteroatoms. The summed E-state index contributed by atoms with van der Waals surface area (Å²) in [6.45, 7) is 2.99. The average molecular weight is 412 g/mol. The van der Waals surface area contributed by atoms with Gasteiger partial charge in [-0.15, -0.1) is 0 Å². The fourth-order valence-corrected chi connectivity index (χ4v) is 2.40. The lowest BCUT2D eigenvalue weighted by molar-refractivity contribution is -0.159. The van der Waals surface area contributed by atoms with Crippen LogP contribution in [0.2, 0.25) is 10.0 Å². The highest BCUT2D eigenvalue weighted by Crippen LogP contribution is 2.28. The van der Waals surface area contributed by atoms with Crippen LogP contribution in [0.4, 0.5) is 5.69 Å². The maximum atomic E-state index is 12.3. The summed E-state index contributed by atoms with van der Waals surface area (Å²) in [6, 6.07) is 11.3. The van der Waals surface area contributed by atoms with Crippen LogP contribution in [-0.2, 0) is 14.3 Å².